The fourth-order valence-electron chi connectivity index (χ4n) is 9.40. The highest BCUT2D eigenvalue weighted by molar-refractivity contribution is 5.99. The van der Waals surface area contributed by atoms with Gasteiger partial charge in [0, 0.05) is 55.8 Å². The number of rotatable bonds is 45. The average molecular weight is 1310 g/mol. The predicted octanol–water partition coefficient (Wildman–Crippen LogP) is -6.37. The first kappa shape index (κ1) is 77.1. The Labute approximate surface area is 535 Å². The number of nitrogens with zero attached hydrogens (tertiary/aromatic N) is 1. The highest BCUT2D eigenvalue weighted by atomic mass is 16.4. The molecular formula is C56H92N24O13. The van der Waals surface area contributed by atoms with Crippen LogP contribution in [0.2, 0.25) is 0 Å². The average Bonchev–Trinajstić information content (AvgIpc) is 1.79. The molecule has 9 atom stereocenters. The number of H-pyrrole nitrogens is 2. The molecule has 3 aromatic rings. The molecule has 0 saturated heterocycles. The van der Waals surface area contributed by atoms with E-state index >= 15 is 0 Å². The fraction of sp³-hybridized carbons (Fsp3) is 0.554. The second kappa shape index (κ2) is 41.3. The first-order valence-corrected chi connectivity index (χ1v) is 30.3. The van der Waals surface area contributed by atoms with Crippen molar-refractivity contribution in [2.75, 3.05) is 39.3 Å². The zero-order valence-electron chi connectivity index (χ0n) is 51.9. The minimum Gasteiger partial charge on any atom is -0.481 e. The fourth-order valence-corrected chi connectivity index (χ4v) is 9.40. The van der Waals surface area contributed by atoms with Crippen molar-refractivity contribution in [3.8, 4) is 0 Å². The number of carboxylic acid groups (broad SMARTS) is 2. The number of guanidine groups is 3. The van der Waals surface area contributed by atoms with E-state index in [-0.39, 0.29) is 121 Å². The molecule has 2 aromatic heterocycles. The van der Waals surface area contributed by atoms with Crippen molar-refractivity contribution >= 4 is 93.9 Å². The molecule has 9 amide bonds. The third-order valence-corrected chi connectivity index (χ3v) is 14.3. The number of imidazole rings is 1. The van der Waals surface area contributed by atoms with Crippen molar-refractivity contribution in [1.82, 2.24) is 78.8 Å². The number of aromatic amines is 2. The van der Waals surface area contributed by atoms with Gasteiger partial charge in [-0.2, -0.15) is 0 Å². The number of carbonyl (C=O) groups is 11. The molecule has 0 aliphatic heterocycles. The van der Waals surface area contributed by atoms with E-state index in [1.165, 1.54) is 19.4 Å². The minimum absolute atomic E-state index is 0.00713. The summed E-state index contributed by atoms with van der Waals surface area (Å²) in [5, 5.41) is 73.4. The number of aromatic nitrogens is 3. The number of unbranched alkanes of at least 4 members (excludes halogenated alkanes) is 2. The maximum atomic E-state index is 15.0. The van der Waals surface area contributed by atoms with E-state index < -0.39 is 138 Å². The molecular weight excluding hydrogens is 1220 g/mol. The lowest BCUT2D eigenvalue weighted by Gasteiger charge is -2.28. The monoisotopic (exact) mass is 1310 g/mol. The SMILES string of the molecule is C[C@H](NC(=O)[C@H](CC(=O)O)NC(=O)CN)C(=O)N[C@@H](Cc1c[nH]cn1)C(=O)N[C@@H](Cc1c[nH]c2ccccc12)C(=O)N[C@@H](CCCCN)C(=O)N[C@@H](CCCNC(=N)N)C(=O)N[C@@H](CCCNC(=N)N)C(=O)N[C@@H](CCCCN)C(=O)N[C@@H](CCCNC(=N)N)C(=O)O. The van der Waals surface area contributed by atoms with Crippen molar-refractivity contribution < 1.29 is 63.0 Å². The number of nitrogens with two attached hydrogens (primary N) is 6. The molecule has 0 aliphatic carbocycles. The summed E-state index contributed by atoms with van der Waals surface area (Å²) < 4.78 is 0. The minimum atomic E-state index is -1.63. The first-order valence-electron chi connectivity index (χ1n) is 30.3. The molecule has 31 N–H and O–H groups in total. The van der Waals surface area contributed by atoms with Crippen molar-refractivity contribution in [2.24, 2.45) is 34.4 Å². The van der Waals surface area contributed by atoms with Gasteiger partial charge in [-0.05, 0) is 109 Å². The zero-order chi connectivity index (χ0) is 69.0. The van der Waals surface area contributed by atoms with E-state index in [4.69, 9.17) is 50.6 Å². The van der Waals surface area contributed by atoms with E-state index in [1.807, 2.05) is 0 Å². The molecule has 0 bridgehead atoms. The number of nitrogens with one attached hydrogen (secondary N) is 17. The van der Waals surface area contributed by atoms with E-state index in [1.54, 1.807) is 30.5 Å². The van der Waals surface area contributed by atoms with Gasteiger partial charge in [-0.3, -0.25) is 64.2 Å². The molecule has 0 spiro atoms. The van der Waals surface area contributed by atoms with Crippen LogP contribution in [0, 0.1) is 16.2 Å². The van der Waals surface area contributed by atoms with Crippen LogP contribution < -0.4 is 98.2 Å². The van der Waals surface area contributed by atoms with Crippen LogP contribution in [-0.2, 0) is 65.6 Å². The van der Waals surface area contributed by atoms with Gasteiger partial charge >= 0.3 is 11.9 Å². The molecule has 0 radical (unpaired) electrons. The van der Waals surface area contributed by atoms with E-state index in [0.29, 0.717) is 35.7 Å². The third kappa shape index (κ3) is 29.1. The summed E-state index contributed by atoms with van der Waals surface area (Å²) in [7, 11) is 0. The number of fused-ring (bicyclic) bond motifs is 1. The molecule has 1 aromatic carbocycles. The summed E-state index contributed by atoms with van der Waals surface area (Å²) in [6.07, 6.45) is 4.24. The van der Waals surface area contributed by atoms with Crippen LogP contribution in [0.4, 0.5) is 0 Å². The van der Waals surface area contributed by atoms with Gasteiger partial charge in [0.25, 0.3) is 0 Å². The van der Waals surface area contributed by atoms with Gasteiger partial charge < -0.3 is 118 Å². The number of benzene rings is 1. The second-order valence-corrected chi connectivity index (χ2v) is 21.8. The van der Waals surface area contributed by atoms with Gasteiger partial charge in [0.15, 0.2) is 17.9 Å². The maximum Gasteiger partial charge on any atom is 0.326 e. The Bertz CT molecular complexity index is 3000. The molecule has 514 valence electrons. The molecule has 0 saturated carbocycles. The van der Waals surface area contributed by atoms with Gasteiger partial charge in [0.2, 0.25) is 53.2 Å². The zero-order valence-corrected chi connectivity index (χ0v) is 51.9. The van der Waals surface area contributed by atoms with Gasteiger partial charge in [0.1, 0.15) is 54.4 Å². The van der Waals surface area contributed by atoms with Crippen LogP contribution in [0.3, 0.4) is 0 Å². The lowest BCUT2D eigenvalue weighted by Crippen LogP contribution is -2.61. The van der Waals surface area contributed by atoms with Crippen LogP contribution in [0.1, 0.15) is 102 Å². The molecule has 37 nitrogen and oxygen atoms in total. The van der Waals surface area contributed by atoms with Crippen molar-refractivity contribution in [3.05, 3.63) is 54.2 Å². The molecule has 2 heterocycles. The number of hydrogen-bond acceptors (Lipinski definition) is 18. The molecule has 37 heteroatoms. The number of carboxylic acids is 2. The van der Waals surface area contributed by atoms with E-state index in [2.05, 4.69) is 78.8 Å². The van der Waals surface area contributed by atoms with Crippen LogP contribution >= 0.6 is 0 Å². The Morgan fingerprint density at radius 2 is 0.903 bits per heavy atom. The number of carbonyl (C=O) groups excluding carboxylic acids is 9. The Morgan fingerprint density at radius 3 is 1.33 bits per heavy atom. The summed E-state index contributed by atoms with van der Waals surface area (Å²) in [4.78, 5) is 160. The first-order chi connectivity index (χ1) is 44.3. The van der Waals surface area contributed by atoms with Crippen molar-refractivity contribution in [1.29, 1.82) is 16.2 Å². The number of aliphatic carboxylic acids is 2. The van der Waals surface area contributed by atoms with E-state index in [0.717, 1.165) is 0 Å². The highest BCUT2D eigenvalue weighted by Crippen LogP contribution is 2.20. The smallest absolute Gasteiger partial charge is 0.326 e. The highest BCUT2D eigenvalue weighted by Gasteiger charge is 2.36. The summed E-state index contributed by atoms with van der Waals surface area (Å²) in [6, 6.07) is -6.23. The number of para-hydroxylation sites is 1. The largest absolute Gasteiger partial charge is 0.481 e. The number of hydrogen-bond donors (Lipinski definition) is 25. The summed E-state index contributed by atoms with van der Waals surface area (Å²) in [5.41, 5.74) is 34.8. The predicted molar refractivity (Wildman–Crippen MR) is 340 cm³/mol. The quantitative estimate of drug-likeness (QED) is 0.0142. The Kier molecular flexibility index (Phi) is 34.2. The van der Waals surface area contributed by atoms with E-state index in [9.17, 15) is 63.0 Å². The third-order valence-electron chi connectivity index (χ3n) is 14.3. The Balaban J connectivity index is 2.05. The maximum absolute atomic E-state index is 15.0. The Hall–Kier alpha value is -10.2. The molecule has 0 fully saturated rings. The van der Waals surface area contributed by atoms with Crippen molar-refractivity contribution in [2.45, 2.75) is 158 Å². The van der Waals surface area contributed by atoms with Gasteiger partial charge in [-0.1, -0.05) is 18.2 Å². The summed E-state index contributed by atoms with van der Waals surface area (Å²) in [5.74, 6) is -12.2. The normalized spacial score (nSPS) is 13.8. The van der Waals surface area contributed by atoms with Gasteiger partial charge in [-0.25, -0.2) is 9.78 Å². The molecule has 3 rings (SSSR count). The van der Waals surface area contributed by atoms with Crippen LogP contribution in [0.15, 0.2) is 43.0 Å². The van der Waals surface area contributed by atoms with Crippen LogP contribution in [-0.4, -0.2) is 202 Å². The Morgan fingerprint density at radius 1 is 0.495 bits per heavy atom. The second-order valence-electron chi connectivity index (χ2n) is 21.8. The van der Waals surface area contributed by atoms with Gasteiger partial charge in [-0.15, -0.1) is 0 Å². The van der Waals surface area contributed by atoms with Crippen LogP contribution in [0.25, 0.3) is 10.9 Å². The molecule has 0 unspecified atom stereocenters. The van der Waals surface area contributed by atoms with Crippen LogP contribution in [0.5, 0.6) is 0 Å². The molecule has 93 heavy (non-hydrogen) atoms. The standard InChI is InChI=1S/C56H92N24O13/c1-30(72-50(89)42(25-44(82)83)73-43(81)26-59)45(84)79-41(24-32-28-66-29-71-32)52(91)80-40(23-31-27-70-34-12-3-2-11-33(31)34)51(90)77-35(13-4-6-18-57)46(85)75-38(16-9-21-68-55(62)63)48(87)76-37(15-8-20-67-54(60)61)47(86)74-36(14-5-7-19-58)49(88)78-39(53(92)93)17-10-22-69-56(64)65/h2-3,11-12,27-30,35-42,70H,4-10,13-26,57-59H2,1H3,(H,66,71)(H,72,89)(H,73,81)(H,74,86)(H,75,85)(H,76,87)(H,77,90)(H,78,88)(H,79,84)(H,80,91)(H,82,83)(H,92,93)(H4,60,61,67)(H4,62,63,68)(H4,64,65,69)/t30-,35-,36-,37-,38-,39-,40-,41-,42-/m0/s1. The topological polar surface area (TPSA) is 645 Å². The molecule has 0 aliphatic rings. The lowest BCUT2D eigenvalue weighted by atomic mass is 10.0. The lowest BCUT2D eigenvalue weighted by molar-refractivity contribution is -0.142. The summed E-state index contributed by atoms with van der Waals surface area (Å²) >= 11 is 0. The number of amides is 9. The van der Waals surface area contributed by atoms with Crippen molar-refractivity contribution in [3.63, 3.8) is 0 Å². The summed E-state index contributed by atoms with van der Waals surface area (Å²) in [6.45, 7) is 1.28. The van der Waals surface area contributed by atoms with Gasteiger partial charge in [0.05, 0.1) is 25.0 Å².